The number of nitrogens with one attached hydrogen (secondary N) is 1. The largest absolute Gasteiger partial charge is 0.331 e. The van der Waals surface area contributed by atoms with Gasteiger partial charge in [0.1, 0.15) is 0 Å². The number of carbonyl (C=O) groups is 2. The predicted octanol–water partition coefficient (Wildman–Crippen LogP) is 3.23. The summed E-state index contributed by atoms with van der Waals surface area (Å²) in [6, 6.07) is 15.5. The first-order chi connectivity index (χ1) is 11.0. The minimum absolute atomic E-state index is 0.0291. The van der Waals surface area contributed by atoms with Gasteiger partial charge in [-0.05, 0) is 48.7 Å². The molecule has 1 heterocycles. The maximum atomic E-state index is 12.8. The van der Waals surface area contributed by atoms with E-state index in [9.17, 15) is 9.59 Å². The molecule has 0 fully saturated rings. The molecule has 0 bridgehead atoms. The lowest BCUT2D eigenvalue weighted by Gasteiger charge is -2.35. The van der Waals surface area contributed by atoms with Crippen molar-refractivity contribution >= 4 is 17.5 Å². The van der Waals surface area contributed by atoms with Crippen molar-refractivity contribution in [1.29, 1.82) is 0 Å². The molecular weight excluding hydrogens is 288 g/mol. The molecule has 1 atom stereocenters. The molecule has 23 heavy (non-hydrogen) atoms. The van der Waals surface area contributed by atoms with Crippen LogP contribution in [0.15, 0.2) is 48.5 Å². The summed E-state index contributed by atoms with van der Waals surface area (Å²) in [4.78, 5) is 25.8. The van der Waals surface area contributed by atoms with E-state index in [1.165, 1.54) is 18.1 Å². The van der Waals surface area contributed by atoms with Crippen LogP contribution in [0.1, 0.15) is 35.3 Å². The third-order valence-electron chi connectivity index (χ3n) is 4.22. The number of hydrogen-bond acceptors (Lipinski definition) is 2. The Balaban J connectivity index is 1.79. The lowest BCUT2D eigenvalue weighted by atomic mass is 9.94. The summed E-state index contributed by atoms with van der Waals surface area (Å²) in [6.07, 6.45) is 0.881. The number of rotatable bonds is 2. The molecule has 118 valence electrons. The van der Waals surface area contributed by atoms with Crippen LogP contribution in [0.3, 0.4) is 0 Å². The van der Waals surface area contributed by atoms with Crippen LogP contribution < -0.4 is 5.32 Å². The fraction of sp³-hybridized carbons (Fsp3) is 0.263. The highest BCUT2D eigenvalue weighted by Gasteiger charge is 2.27. The van der Waals surface area contributed by atoms with E-state index in [-0.39, 0.29) is 17.9 Å². The maximum absolute atomic E-state index is 12.8. The number of anilines is 1. The lowest BCUT2D eigenvalue weighted by Crippen LogP contribution is -2.42. The molecule has 0 radical (unpaired) electrons. The van der Waals surface area contributed by atoms with Gasteiger partial charge in [0.05, 0.1) is 0 Å². The van der Waals surface area contributed by atoms with Crippen LogP contribution >= 0.6 is 0 Å². The number of benzene rings is 2. The maximum Gasteiger partial charge on any atom is 0.254 e. The first-order valence-electron chi connectivity index (χ1n) is 7.80. The molecule has 2 aromatic rings. The van der Waals surface area contributed by atoms with Crippen LogP contribution in [0, 0.1) is 0 Å². The van der Waals surface area contributed by atoms with Crippen LogP contribution in [-0.2, 0) is 17.8 Å². The van der Waals surface area contributed by atoms with Crippen molar-refractivity contribution < 1.29 is 9.59 Å². The Morgan fingerprint density at radius 2 is 1.70 bits per heavy atom. The van der Waals surface area contributed by atoms with Gasteiger partial charge in [0, 0.05) is 30.8 Å². The van der Waals surface area contributed by atoms with Gasteiger partial charge in [0.2, 0.25) is 5.91 Å². The average molecular weight is 308 g/mol. The van der Waals surface area contributed by atoms with Crippen molar-refractivity contribution in [3.8, 4) is 0 Å². The van der Waals surface area contributed by atoms with E-state index in [1.54, 1.807) is 24.3 Å². The first kappa shape index (κ1) is 15.3. The Morgan fingerprint density at radius 1 is 1.04 bits per heavy atom. The summed E-state index contributed by atoms with van der Waals surface area (Å²) in [5.74, 6) is -0.0910. The smallest absolute Gasteiger partial charge is 0.254 e. The second-order valence-electron chi connectivity index (χ2n) is 6.01. The van der Waals surface area contributed by atoms with Gasteiger partial charge in [-0.2, -0.15) is 0 Å². The van der Waals surface area contributed by atoms with E-state index in [0.29, 0.717) is 17.8 Å². The molecular formula is C19H20N2O2. The molecule has 3 rings (SSSR count). The fourth-order valence-electron chi connectivity index (χ4n) is 3.02. The van der Waals surface area contributed by atoms with Crippen molar-refractivity contribution in [1.82, 2.24) is 4.90 Å². The normalized spacial score (nSPS) is 16.6. The van der Waals surface area contributed by atoms with Gasteiger partial charge in [-0.1, -0.05) is 24.3 Å². The molecule has 0 saturated heterocycles. The van der Waals surface area contributed by atoms with Crippen LogP contribution in [0.2, 0.25) is 0 Å². The Bertz CT molecular complexity index is 737. The zero-order chi connectivity index (χ0) is 16.4. The SMILES string of the molecule is CC(=O)Nc1ccc(C(=O)N2Cc3ccccc3CC2C)cc1. The Kier molecular flexibility index (Phi) is 4.15. The Labute approximate surface area is 136 Å². The van der Waals surface area contributed by atoms with Crippen molar-refractivity contribution in [3.05, 3.63) is 65.2 Å². The average Bonchev–Trinajstić information content (AvgIpc) is 2.54. The van der Waals surface area contributed by atoms with Crippen molar-refractivity contribution in [3.63, 3.8) is 0 Å². The molecule has 0 spiro atoms. The number of hydrogen-bond donors (Lipinski definition) is 1. The number of fused-ring (bicyclic) bond motifs is 1. The van der Waals surface area contributed by atoms with E-state index >= 15 is 0 Å². The minimum Gasteiger partial charge on any atom is -0.331 e. The molecule has 2 aromatic carbocycles. The fourth-order valence-corrected chi connectivity index (χ4v) is 3.02. The predicted molar refractivity (Wildman–Crippen MR) is 90.2 cm³/mol. The van der Waals surface area contributed by atoms with Gasteiger partial charge < -0.3 is 10.2 Å². The molecule has 0 aliphatic carbocycles. The number of amides is 2. The zero-order valence-corrected chi connectivity index (χ0v) is 13.4. The minimum atomic E-state index is -0.120. The van der Waals surface area contributed by atoms with Crippen molar-refractivity contribution in [2.75, 3.05) is 5.32 Å². The van der Waals surface area contributed by atoms with E-state index in [1.807, 2.05) is 17.0 Å². The van der Waals surface area contributed by atoms with E-state index in [4.69, 9.17) is 0 Å². The topological polar surface area (TPSA) is 49.4 Å². The number of carbonyl (C=O) groups excluding carboxylic acids is 2. The third-order valence-corrected chi connectivity index (χ3v) is 4.22. The summed E-state index contributed by atoms with van der Waals surface area (Å²) in [6.45, 7) is 4.19. The second kappa shape index (κ2) is 6.24. The molecule has 1 unspecified atom stereocenters. The van der Waals surface area contributed by atoms with Crippen LogP contribution in [-0.4, -0.2) is 22.8 Å². The van der Waals surface area contributed by atoms with E-state index in [0.717, 1.165) is 6.42 Å². The molecule has 0 saturated carbocycles. The third kappa shape index (κ3) is 3.26. The number of nitrogens with zero attached hydrogens (tertiary/aromatic N) is 1. The second-order valence-corrected chi connectivity index (χ2v) is 6.01. The summed E-state index contributed by atoms with van der Waals surface area (Å²) in [5.41, 5.74) is 3.88. The molecule has 1 aliphatic heterocycles. The standard InChI is InChI=1S/C19H20N2O2/c1-13-11-16-5-3-4-6-17(16)12-21(13)19(23)15-7-9-18(10-8-15)20-14(2)22/h3-10,13H,11-12H2,1-2H3,(H,20,22). The highest BCUT2D eigenvalue weighted by Crippen LogP contribution is 2.25. The first-order valence-corrected chi connectivity index (χ1v) is 7.80. The highest BCUT2D eigenvalue weighted by molar-refractivity contribution is 5.95. The van der Waals surface area contributed by atoms with Gasteiger partial charge in [-0.3, -0.25) is 9.59 Å². The van der Waals surface area contributed by atoms with Crippen LogP contribution in [0.25, 0.3) is 0 Å². The van der Waals surface area contributed by atoms with Gasteiger partial charge in [-0.25, -0.2) is 0 Å². The van der Waals surface area contributed by atoms with Gasteiger partial charge >= 0.3 is 0 Å². The molecule has 4 heteroatoms. The summed E-state index contributed by atoms with van der Waals surface area (Å²) in [7, 11) is 0. The van der Waals surface area contributed by atoms with Gasteiger partial charge in [0.15, 0.2) is 0 Å². The van der Waals surface area contributed by atoms with E-state index < -0.39 is 0 Å². The highest BCUT2D eigenvalue weighted by atomic mass is 16.2. The quantitative estimate of drug-likeness (QED) is 0.926. The molecule has 1 N–H and O–H groups in total. The molecule has 0 aromatic heterocycles. The van der Waals surface area contributed by atoms with Crippen LogP contribution in [0.4, 0.5) is 5.69 Å². The monoisotopic (exact) mass is 308 g/mol. The molecule has 1 aliphatic rings. The summed E-state index contributed by atoms with van der Waals surface area (Å²) >= 11 is 0. The molecule has 2 amide bonds. The Hall–Kier alpha value is -2.62. The van der Waals surface area contributed by atoms with Crippen molar-refractivity contribution in [2.24, 2.45) is 0 Å². The molecule has 4 nitrogen and oxygen atoms in total. The Morgan fingerprint density at radius 3 is 2.35 bits per heavy atom. The van der Waals surface area contributed by atoms with Gasteiger partial charge in [0.25, 0.3) is 5.91 Å². The zero-order valence-electron chi connectivity index (χ0n) is 13.4. The summed E-state index contributed by atoms with van der Waals surface area (Å²) < 4.78 is 0. The van der Waals surface area contributed by atoms with Crippen LogP contribution in [0.5, 0.6) is 0 Å². The van der Waals surface area contributed by atoms with E-state index in [2.05, 4.69) is 24.4 Å². The van der Waals surface area contributed by atoms with Crippen molar-refractivity contribution in [2.45, 2.75) is 32.9 Å². The summed E-state index contributed by atoms with van der Waals surface area (Å²) in [5, 5.41) is 2.71. The lowest BCUT2D eigenvalue weighted by molar-refractivity contribution is -0.114. The van der Waals surface area contributed by atoms with Gasteiger partial charge in [-0.15, -0.1) is 0 Å².